The lowest BCUT2D eigenvalue weighted by atomic mass is 9.90. The van der Waals surface area contributed by atoms with Crippen molar-refractivity contribution in [1.82, 2.24) is 15.1 Å². The number of aryl methyl sites for hydroxylation is 1. The van der Waals surface area contributed by atoms with Crippen LogP contribution < -0.4 is 11.1 Å². The Bertz CT molecular complexity index is 956. The van der Waals surface area contributed by atoms with Gasteiger partial charge in [0.25, 0.3) is 5.91 Å². The maximum Gasteiger partial charge on any atom is 0.264 e. The van der Waals surface area contributed by atoms with Crippen LogP contribution in [-0.4, -0.2) is 72.6 Å². The van der Waals surface area contributed by atoms with Gasteiger partial charge in [-0.05, 0) is 69.0 Å². The number of hydrogen-bond acceptors (Lipinski definition) is 7. The maximum atomic E-state index is 13.6. The molecule has 1 aliphatic carbocycles. The molecule has 3 N–H and O–H groups in total. The molecule has 2 aromatic rings. The summed E-state index contributed by atoms with van der Waals surface area (Å²) in [6.07, 6.45) is 5.14. The third-order valence-corrected chi connectivity index (χ3v) is 9.09. The van der Waals surface area contributed by atoms with E-state index in [1.165, 1.54) is 21.1 Å². The largest absolute Gasteiger partial charge is 0.383 e. The molecule has 1 saturated heterocycles. The van der Waals surface area contributed by atoms with E-state index in [1.807, 2.05) is 28.8 Å². The summed E-state index contributed by atoms with van der Waals surface area (Å²) in [5, 5.41) is 5.18. The number of carbonyl (C=O) groups is 2. The second-order valence-corrected chi connectivity index (χ2v) is 12.1. The molecule has 3 heterocycles. The molecule has 1 aliphatic heterocycles. The molecular weight excluding hydrogens is 480 g/mol. The van der Waals surface area contributed by atoms with Crippen LogP contribution in [0.2, 0.25) is 0 Å². The molecule has 0 aromatic carbocycles. The number of amides is 2. The van der Waals surface area contributed by atoms with Gasteiger partial charge in [-0.3, -0.25) is 14.5 Å². The average Bonchev–Trinajstić information content (AvgIpc) is 3.54. The van der Waals surface area contributed by atoms with Crippen molar-refractivity contribution in [3.63, 3.8) is 0 Å². The number of carbonyl (C=O) groups excluding carboxylic acids is 2. The second-order valence-electron chi connectivity index (χ2n) is 9.77. The van der Waals surface area contributed by atoms with Crippen LogP contribution in [0.15, 0.2) is 29.6 Å². The zero-order chi connectivity index (χ0) is 24.8. The van der Waals surface area contributed by atoms with Gasteiger partial charge in [0.1, 0.15) is 6.04 Å². The summed E-state index contributed by atoms with van der Waals surface area (Å²) in [7, 11) is 1.72. The molecule has 1 saturated carbocycles. The molecule has 4 rings (SSSR count). The lowest BCUT2D eigenvalue weighted by Crippen LogP contribution is -2.58. The lowest BCUT2D eigenvalue weighted by molar-refractivity contribution is -0.128. The predicted molar refractivity (Wildman–Crippen MR) is 142 cm³/mol. The summed E-state index contributed by atoms with van der Waals surface area (Å²) in [6, 6.07) is 8.18. The first-order chi connectivity index (χ1) is 16.9. The van der Waals surface area contributed by atoms with Crippen molar-refractivity contribution in [2.24, 2.45) is 5.73 Å². The van der Waals surface area contributed by atoms with Gasteiger partial charge in [0.05, 0.1) is 11.5 Å². The van der Waals surface area contributed by atoms with E-state index < -0.39 is 6.04 Å². The van der Waals surface area contributed by atoms with Gasteiger partial charge in [-0.2, -0.15) is 0 Å². The third kappa shape index (κ3) is 6.92. The van der Waals surface area contributed by atoms with E-state index in [2.05, 4.69) is 29.3 Å². The van der Waals surface area contributed by atoms with Crippen molar-refractivity contribution in [2.45, 2.75) is 76.2 Å². The fourth-order valence-corrected chi connectivity index (χ4v) is 6.84. The molecule has 2 aliphatic rings. The van der Waals surface area contributed by atoms with Gasteiger partial charge >= 0.3 is 0 Å². The lowest BCUT2D eigenvalue weighted by Gasteiger charge is -2.43. The number of ether oxygens (including phenoxy) is 1. The van der Waals surface area contributed by atoms with Gasteiger partial charge in [-0.1, -0.05) is 6.07 Å². The topological polar surface area (TPSA) is 87.9 Å². The Hall–Kier alpha value is -1.78. The van der Waals surface area contributed by atoms with Crippen molar-refractivity contribution in [3.8, 4) is 0 Å². The van der Waals surface area contributed by atoms with Gasteiger partial charge < -0.3 is 20.7 Å². The number of nitrogens with zero attached hydrogens (tertiary/aromatic N) is 2. The van der Waals surface area contributed by atoms with E-state index in [-0.39, 0.29) is 29.9 Å². The van der Waals surface area contributed by atoms with Gasteiger partial charge in [-0.15, -0.1) is 22.7 Å². The Balaban J connectivity index is 1.51. The van der Waals surface area contributed by atoms with Crippen molar-refractivity contribution < 1.29 is 14.3 Å². The number of likely N-dealkylation sites (tertiary alicyclic amines) is 1. The van der Waals surface area contributed by atoms with Crippen LogP contribution in [0.5, 0.6) is 0 Å². The summed E-state index contributed by atoms with van der Waals surface area (Å²) in [6.45, 7) is 4.97. The van der Waals surface area contributed by atoms with Crippen molar-refractivity contribution in [1.29, 1.82) is 0 Å². The number of hydrogen-bond donors (Lipinski definition) is 2. The first kappa shape index (κ1) is 26.3. The monoisotopic (exact) mass is 518 g/mol. The molecular formula is C26H38N4O3S2. The van der Waals surface area contributed by atoms with Crippen LogP contribution in [0.1, 0.15) is 58.0 Å². The molecule has 7 nitrogen and oxygen atoms in total. The maximum absolute atomic E-state index is 13.6. The normalized spacial score (nSPS) is 25.1. The summed E-state index contributed by atoms with van der Waals surface area (Å²) in [5.74, 6) is -0.0691. The molecule has 2 amide bonds. The van der Waals surface area contributed by atoms with E-state index in [9.17, 15) is 9.59 Å². The fraction of sp³-hybridized carbons (Fsp3) is 0.615. The van der Waals surface area contributed by atoms with E-state index in [1.54, 1.807) is 12.0 Å². The van der Waals surface area contributed by atoms with Crippen molar-refractivity contribution >= 4 is 34.5 Å². The van der Waals surface area contributed by atoms with E-state index in [0.29, 0.717) is 24.4 Å². The molecule has 2 aromatic heterocycles. The summed E-state index contributed by atoms with van der Waals surface area (Å²) < 4.78 is 5.41. The van der Waals surface area contributed by atoms with Crippen LogP contribution in [-0.2, 0) is 16.1 Å². The number of methoxy groups -OCH3 is 1. The highest BCUT2D eigenvalue weighted by Crippen LogP contribution is 2.28. The average molecular weight is 519 g/mol. The predicted octanol–water partition coefficient (Wildman–Crippen LogP) is 3.63. The second kappa shape index (κ2) is 12.5. The van der Waals surface area contributed by atoms with Crippen LogP contribution in [0.25, 0.3) is 0 Å². The highest BCUT2D eigenvalue weighted by Gasteiger charge is 2.39. The van der Waals surface area contributed by atoms with E-state index in [0.717, 1.165) is 45.2 Å². The third-order valence-electron chi connectivity index (χ3n) is 7.24. The first-order valence-electron chi connectivity index (χ1n) is 12.6. The smallest absolute Gasteiger partial charge is 0.264 e. The Morgan fingerprint density at radius 3 is 2.66 bits per heavy atom. The van der Waals surface area contributed by atoms with E-state index >= 15 is 0 Å². The summed E-state index contributed by atoms with van der Waals surface area (Å²) in [4.78, 5) is 34.5. The minimum atomic E-state index is -0.478. The number of thiophene rings is 2. The highest BCUT2D eigenvalue weighted by atomic mass is 32.1. The Morgan fingerprint density at radius 2 is 2.00 bits per heavy atom. The van der Waals surface area contributed by atoms with Crippen molar-refractivity contribution in [3.05, 3.63) is 44.3 Å². The Morgan fingerprint density at radius 1 is 1.20 bits per heavy atom. The molecule has 0 bridgehead atoms. The van der Waals surface area contributed by atoms with Gasteiger partial charge in [0.2, 0.25) is 5.91 Å². The Labute approximate surface area is 216 Å². The SMILES string of the molecule is COCCN(Cc1ccc(C)s1)C1CCN(C(=O)c2cccs2)[C@@H](C(=O)NC2CCC(N)CC2)C1. The zero-order valence-corrected chi connectivity index (χ0v) is 22.4. The van der Waals surface area contributed by atoms with Gasteiger partial charge in [0, 0.05) is 54.6 Å². The van der Waals surface area contributed by atoms with Crippen molar-refractivity contribution in [2.75, 3.05) is 26.8 Å². The van der Waals surface area contributed by atoms with Crippen LogP contribution in [0, 0.1) is 6.92 Å². The van der Waals surface area contributed by atoms with Gasteiger partial charge in [0.15, 0.2) is 0 Å². The molecule has 2 fully saturated rings. The quantitative estimate of drug-likeness (QED) is 0.529. The highest BCUT2D eigenvalue weighted by molar-refractivity contribution is 7.12. The first-order valence-corrected chi connectivity index (χ1v) is 14.3. The number of rotatable bonds is 9. The molecule has 9 heteroatoms. The number of piperidine rings is 1. The zero-order valence-electron chi connectivity index (χ0n) is 20.8. The number of nitrogens with two attached hydrogens (primary N) is 1. The molecule has 1 unspecified atom stereocenters. The summed E-state index contributed by atoms with van der Waals surface area (Å²) >= 11 is 3.25. The molecule has 2 atom stereocenters. The van der Waals surface area contributed by atoms with E-state index in [4.69, 9.17) is 10.5 Å². The van der Waals surface area contributed by atoms with Gasteiger partial charge in [-0.25, -0.2) is 0 Å². The van der Waals surface area contributed by atoms with Crippen LogP contribution in [0.3, 0.4) is 0 Å². The molecule has 192 valence electrons. The Kier molecular flexibility index (Phi) is 9.35. The minimum absolute atomic E-state index is 0.0289. The molecule has 35 heavy (non-hydrogen) atoms. The molecule has 0 radical (unpaired) electrons. The number of nitrogens with one attached hydrogen (secondary N) is 1. The molecule has 0 spiro atoms. The standard InChI is InChI=1S/C26H38N4O3S2/c1-18-5-10-22(35-18)17-29(13-14-33-2)21-11-12-30(26(32)24-4-3-15-34-24)23(16-21)25(31)28-20-8-6-19(27)7-9-20/h3-5,10,15,19-21,23H,6-9,11-14,16-17,27H2,1-2H3,(H,28,31)/t19?,20?,21?,23-/m1/s1. The summed E-state index contributed by atoms with van der Waals surface area (Å²) in [5.41, 5.74) is 6.06. The minimum Gasteiger partial charge on any atom is -0.383 e. The van der Waals surface area contributed by atoms with Crippen LogP contribution in [0.4, 0.5) is 0 Å². The van der Waals surface area contributed by atoms with Crippen LogP contribution >= 0.6 is 22.7 Å². The fourth-order valence-electron chi connectivity index (χ4n) is 5.24.